The molecule has 1 aliphatic rings. The van der Waals surface area contributed by atoms with Crippen LogP contribution in [0.15, 0.2) is 33.9 Å². The fraction of sp³-hybridized carbons (Fsp3) is 0.600. The van der Waals surface area contributed by atoms with E-state index in [9.17, 15) is 54.3 Å². The van der Waals surface area contributed by atoms with E-state index in [0.717, 1.165) is 0 Å². The lowest BCUT2D eigenvalue weighted by Crippen LogP contribution is -2.68. The molecule has 2 aromatic rings. The molecule has 3 amide bonds. The van der Waals surface area contributed by atoms with Crippen molar-refractivity contribution >= 4 is 46.7 Å². The van der Waals surface area contributed by atoms with Crippen molar-refractivity contribution in [3.8, 4) is 0 Å². The molecule has 6 atom stereocenters. The monoisotopic (exact) mass is 831 g/mol. The molecule has 22 heteroatoms. The van der Waals surface area contributed by atoms with Gasteiger partial charge in [0, 0.05) is 44.5 Å². The third kappa shape index (κ3) is 14.9. The predicted octanol–water partition coefficient (Wildman–Crippen LogP) is -3.55. The van der Waals surface area contributed by atoms with E-state index in [-0.39, 0.29) is 76.4 Å². The van der Waals surface area contributed by atoms with Crippen LogP contribution in [0.1, 0.15) is 18.9 Å². The molecule has 1 aliphatic heterocycles. The van der Waals surface area contributed by atoms with Crippen molar-refractivity contribution in [2.45, 2.75) is 56.0 Å². The van der Waals surface area contributed by atoms with Crippen molar-refractivity contribution in [2.75, 3.05) is 89.7 Å². The Morgan fingerprint density at radius 1 is 0.860 bits per heavy atom. The zero-order chi connectivity index (χ0) is 42.0. The molecule has 0 aromatic heterocycles. The molecule has 318 valence electrons. The molecule has 10 N–H and O–H groups in total. The van der Waals surface area contributed by atoms with Crippen molar-refractivity contribution in [2.24, 2.45) is 0 Å². The number of halogens is 1. The largest absolute Gasteiger partial charge is 0.477 e. The van der Waals surface area contributed by atoms with E-state index in [2.05, 4.69) is 26.6 Å². The molecule has 3 rings (SSSR count). The van der Waals surface area contributed by atoms with Gasteiger partial charge < -0.3 is 75.8 Å². The summed E-state index contributed by atoms with van der Waals surface area (Å²) in [6, 6.07) is 4.93. The molecule has 0 unspecified atom stereocenters. The van der Waals surface area contributed by atoms with Gasteiger partial charge in [-0.3, -0.25) is 24.0 Å². The van der Waals surface area contributed by atoms with Crippen LogP contribution in [0.3, 0.4) is 0 Å². The minimum atomic E-state index is -2.57. The van der Waals surface area contributed by atoms with Gasteiger partial charge in [0.25, 0.3) is 16.6 Å². The standard InChI is InChI=1S/C35H50ClN5O16/c1-20(43)37-6-9-53-10-7-38-28-29(32(50)31(28)49)39-8-11-54-12-13-55-14-15-56-35(34(51)52)17-23(44)27(41-26(47)19-42)33(57-35)30(48)24(45)18-40-25(46)16-21-2-4-22(36)5-3-21/h2-5,23-24,27,30,33,38-39,42,44-45,48H,6-19H2,1H3,(H,37,43)(H,40,46)(H,41,47)(H,51,52)/t23-,24+,27+,30+,33+,35+/m0/s1. The van der Waals surface area contributed by atoms with Crippen LogP contribution in [0.5, 0.6) is 0 Å². The summed E-state index contributed by atoms with van der Waals surface area (Å²) >= 11 is 5.86. The molecule has 0 bridgehead atoms. The van der Waals surface area contributed by atoms with Crippen LogP contribution in [-0.4, -0.2) is 165 Å². The Labute approximate surface area is 331 Å². The first-order valence-electron chi connectivity index (χ1n) is 18.0. The number of carbonyl (C=O) groups excluding carboxylic acids is 3. The lowest BCUT2D eigenvalue weighted by molar-refractivity contribution is -0.312. The lowest BCUT2D eigenvalue weighted by atomic mass is 9.88. The highest BCUT2D eigenvalue weighted by molar-refractivity contribution is 6.30. The van der Waals surface area contributed by atoms with E-state index in [1.54, 1.807) is 24.3 Å². The SMILES string of the molecule is CC(=O)NCCOCCNc1c(NCCOCCOCCO[C@]2(C(=O)O)C[C@H](O)[C@@H](NC(=O)CO)[C@H]([C@H](O)[C@H](O)CNC(=O)Cc3ccc(Cl)cc3)O2)c(=O)c1=O. The fourth-order valence-corrected chi connectivity index (χ4v) is 5.70. The zero-order valence-electron chi connectivity index (χ0n) is 31.2. The number of nitrogens with one attached hydrogen (secondary N) is 5. The average molecular weight is 832 g/mol. The number of rotatable bonds is 27. The van der Waals surface area contributed by atoms with Gasteiger partial charge in [-0.25, -0.2) is 4.79 Å². The number of hydrogen-bond donors (Lipinski definition) is 10. The summed E-state index contributed by atoms with van der Waals surface area (Å²) < 4.78 is 27.4. The van der Waals surface area contributed by atoms with E-state index >= 15 is 0 Å². The van der Waals surface area contributed by atoms with Crippen LogP contribution in [0, 0.1) is 0 Å². The summed E-state index contributed by atoms with van der Waals surface area (Å²) in [5.74, 6) is -5.95. The van der Waals surface area contributed by atoms with E-state index in [1.807, 2.05) is 0 Å². The zero-order valence-corrected chi connectivity index (χ0v) is 32.0. The second kappa shape index (κ2) is 23.8. The Morgan fingerprint density at radius 3 is 2.00 bits per heavy atom. The maximum atomic E-state index is 12.4. The molecular formula is C35H50ClN5O16. The molecule has 0 aliphatic carbocycles. The highest BCUT2D eigenvalue weighted by atomic mass is 35.5. The van der Waals surface area contributed by atoms with Crippen LogP contribution >= 0.6 is 11.6 Å². The second-order valence-electron chi connectivity index (χ2n) is 12.8. The van der Waals surface area contributed by atoms with Crippen LogP contribution in [0.4, 0.5) is 11.4 Å². The molecule has 21 nitrogen and oxygen atoms in total. The third-order valence-corrected chi connectivity index (χ3v) is 8.70. The van der Waals surface area contributed by atoms with Gasteiger partial charge in [0.1, 0.15) is 30.2 Å². The summed E-state index contributed by atoms with van der Waals surface area (Å²) in [6.07, 6.45) is -8.10. The van der Waals surface area contributed by atoms with Gasteiger partial charge in [-0.1, -0.05) is 23.7 Å². The first-order valence-corrected chi connectivity index (χ1v) is 18.4. The molecule has 0 radical (unpaired) electrons. The first-order chi connectivity index (χ1) is 27.2. The van der Waals surface area contributed by atoms with Gasteiger partial charge in [-0.15, -0.1) is 0 Å². The van der Waals surface area contributed by atoms with Crippen molar-refractivity contribution in [1.82, 2.24) is 16.0 Å². The number of aliphatic hydroxyl groups is 4. The molecule has 2 aromatic carbocycles. The predicted molar refractivity (Wildman–Crippen MR) is 200 cm³/mol. The average Bonchev–Trinajstić information content (AvgIpc) is 3.18. The van der Waals surface area contributed by atoms with Gasteiger partial charge in [0.15, 0.2) is 0 Å². The normalized spacial score (nSPS) is 20.4. The molecular weight excluding hydrogens is 782 g/mol. The molecule has 0 saturated carbocycles. The number of hydrogen-bond acceptors (Lipinski definition) is 17. The van der Waals surface area contributed by atoms with Crippen LogP contribution in [0.2, 0.25) is 5.02 Å². The Balaban J connectivity index is 1.42. The number of amides is 3. The molecule has 0 spiro atoms. The van der Waals surface area contributed by atoms with Gasteiger partial charge in [-0.05, 0) is 17.7 Å². The maximum absolute atomic E-state index is 12.4. The third-order valence-electron chi connectivity index (χ3n) is 8.45. The number of carboxylic acid groups (broad SMARTS) is 1. The van der Waals surface area contributed by atoms with E-state index in [1.165, 1.54) is 6.92 Å². The Hall–Kier alpha value is -4.29. The summed E-state index contributed by atoms with van der Waals surface area (Å²) in [4.78, 5) is 71.6. The number of anilines is 2. The fourth-order valence-electron chi connectivity index (χ4n) is 5.57. The number of benzene rings is 1. The Morgan fingerprint density at radius 2 is 1.42 bits per heavy atom. The van der Waals surface area contributed by atoms with Gasteiger partial charge >= 0.3 is 5.97 Å². The molecule has 1 heterocycles. The first kappa shape index (κ1) is 47.1. The van der Waals surface area contributed by atoms with Crippen LogP contribution in [0.25, 0.3) is 0 Å². The quantitative estimate of drug-likeness (QED) is 0.0308. The minimum absolute atomic E-state index is 0.0360. The highest BCUT2D eigenvalue weighted by Crippen LogP contribution is 2.33. The molecule has 1 fully saturated rings. The molecule has 57 heavy (non-hydrogen) atoms. The number of ether oxygens (including phenoxy) is 5. The van der Waals surface area contributed by atoms with E-state index in [4.69, 9.17) is 35.3 Å². The second-order valence-corrected chi connectivity index (χ2v) is 13.2. The van der Waals surface area contributed by atoms with E-state index < -0.39 is 84.5 Å². The summed E-state index contributed by atoms with van der Waals surface area (Å²) in [5.41, 5.74) is -0.446. The van der Waals surface area contributed by atoms with E-state index in [0.29, 0.717) is 23.7 Å². The number of carbonyl (C=O) groups is 4. The lowest BCUT2D eigenvalue weighted by Gasteiger charge is -2.46. The van der Waals surface area contributed by atoms with Gasteiger partial charge in [0.2, 0.25) is 17.7 Å². The summed E-state index contributed by atoms with van der Waals surface area (Å²) in [5, 5.41) is 65.5. The maximum Gasteiger partial charge on any atom is 0.364 e. The van der Waals surface area contributed by atoms with Crippen LogP contribution < -0.4 is 37.4 Å². The van der Waals surface area contributed by atoms with Crippen molar-refractivity contribution in [1.29, 1.82) is 0 Å². The smallest absolute Gasteiger partial charge is 0.364 e. The van der Waals surface area contributed by atoms with Crippen molar-refractivity contribution in [3.63, 3.8) is 0 Å². The van der Waals surface area contributed by atoms with Gasteiger partial charge in [0.05, 0.1) is 70.9 Å². The number of carboxylic acids is 1. The number of aliphatic hydroxyl groups excluding tert-OH is 4. The van der Waals surface area contributed by atoms with Crippen molar-refractivity contribution < 1.29 is 68.4 Å². The van der Waals surface area contributed by atoms with Crippen LogP contribution in [-0.2, 0) is 49.3 Å². The topological polar surface area (TPSA) is 310 Å². The van der Waals surface area contributed by atoms with Crippen molar-refractivity contribution in [3.05, 3.63) is 55.3 Å². The Bertz CT molecular complexity index is 1680. The minimum Gasteiger partial charge on any atom is -0.477 e. The summed E-state index contributed by atoms with van der Waals surface area (Å²) in [6.45, 7) is 0.884. The number of aliphatic carboxylic acids is 1. The van der Waals surface area contributed by atoms with Gasteiger partial charge in [-0.2, -0.15) is 0 Å². The summed E-state index contributed by atoms with van der Waals surface area (Å²) in [7, 11) is 0. The molecule has 1 saturated heterocycles. The Kier molecular flexibility index (Phi) is 19.7. The highest BCUT2D eigenvalue weighted by Gasteiger charge is 2.55.